The highest BCUT2D eigenvalue weighted by Gasteiger charge is 2.22. The van der Waals surface area contributed by atoms with Crippen LogP contribution in [0, 0.1) is 0 Å². The summed E-state index contributed by atoms with van der Waals surface area (Å²) in [5, 5.41) is 0. The molecule has 518 valence electrons. The summed E-state index contributed by atoms with van der Waals surface area (Å²) in [6, 6.07) is 0. The van der Waals surface area contributed by atoms with Crippen molar-refractivity contribution in [3.8, 4) is 0 Å². The minimum atomic E-state index is -4.64. The van der Waals surface area contributed by atoms with Gasteiger partial charge in [-0.15, -0.1) is 0 Å². The number of esters is 2. The molecule has 0 aliphatic carbocycles. The minimum absolute atomic E-state index is 0.0298. The molecule has 0 saturated heterocycles. The van der Waals surface area contributed by atoms with Gasteiger partial charge in [-0.2, -0.15) is 0 Å². The first-order valence-electron chi connectivity index (χ1n) is 38.3. The molecule has 10 heteroatoms. The maximum Gasteiger partial charge on any atom is 0.306 e. The van der Waals surface area contributed by atoms with Gasteiger partial charge >= 0.3 is 11.9 Å². The maximum absolute atomic E-state index is 12.9. The van der Waals surface area contributed by atoms with E-state index in [0.29, 0.717) is 17.4 Å². The molecule has 0 spiro atoms. The molecule has 0 aliphatic rings. The highest BCUT2D eigenvalue weighted by molar-refractivity contribution is 7.45. The molecular formula is C78H148NO8P. The third-order valence-corrected chi connectivity index (χ3v) is 18.3. The van der Waals surface area contributed by atoms with Gasteiger partial charge in [0.2, 0.25) is 0 Å². The Bertz CT molecular complexity index is 1620. The molecule has 9 nitrogen and oxygen atoms in total. The van der Waals surface area contributed by atoms with E-state index < -0.39 is 26.5 Å². The van der Waals surface area contributed by atoms with Crippen molar-refractivity contribution < 1.29 is 42.1 Å². The lowest BCUT2D eigenvalue weighted by atomic mass is 10.0. The fourth-order valence-corrected chi connectivity index (χ4v) is 12.2. The van der Waals surface area contributed by atoms with Crippen LogP contribution in [0.3, 0.4) is 0 Å². The number of allylic oxidation sites excluding steroid dienone is 8. The van der Waals surface area contributed by atoms with Crippen LogP contribution < -0.4 is 4.89 Å². The van der Waals surface area contributed by atoms with Gasteiger partial charge in [-0.1, -0.05) is 345 Å². The first-order chi connectivity index (χ1) is 43.0. The Kier molecular flexibility index (Phi) is 67.7. The molecule has 0 N–H and O–H groups in total. The molecule has 2 unspecified atom stereocenters. The van der Waals surface area contributed by atoms with Crippen molar-refractivity contribution in [2.75, 3.05) is 47.5 Å². The van der Waals surface area contributed by atoms with Crippen LogP contribution in [0.2, 0.25) is 0 Å². The molecule has 0 aromatic rings. The number of ether oxygens (including phenoxy) is 2. The zero-order valence-corrected chi connectivity index (χ0v) is 60.1. The van der Waals surface area contributed by atoms with Crippen LogP contribution in [0.1, 0.15) is 386 Å². The van der Waals surface area contributed by atoms with Crippen molar-refractivity contribution in [3.05, 3.63) is 48.6 Å². The highest BCUT2D eigenvalue weighted by Crippen LogP contribution is 2.38. The Hall–Kier alpha value is -2.03. The normalized spacial score (nSPS) is 13.3. The van der Waals surface area contributed by atoms with Gasteiger partial charge in [-0.05, 0) is 77.0 Å². The summed E-state index contributed by atoms with van der Waals surface area (Å²) in [4.78, 5) is 38.1. The molecule has 0 heterocycles. The number of hydrogen-bond donors (Lipinski definition) is 0. The van der Waals surface area contributed by atoms with Gasteiger partial charge in [0, 0.05) is 12.8 Å². The smallest absolute Gasteiger partial charge is 0.306 e. The van der Waals surface area contributed by atoms with Crippen molar-refractivity contribution in [3.63, 3.8) is 0 Å². The monoisotopic (exact) mass is 1260 g/mol. The zero-order chi connectivity index (χ0) is 64.1. The van der Waals surface area contributed by atoms with Gasteiger partial charge in [0.15, 0.2) is 6.10 Å². The number of unbranched alkanes of at least 4 members (excludes halogenated alkanes) is 50. The van der Waals surface area contributed by atoms with Crippen LogP contribution in [-0.2, 0) is 32.7 Å². The summed E-state index contributed by atoms with van der Waals surface area (Å²) < 4.78 is 34.4. The number of nitrogens with zero attached hydrogens (tertiary/aromatic N) is 1. The quantitative estimate of drug-likeness (QED) is 0.0195. The molecule has 0 aromatic carbocycles. The fraction of sp³-hybridized carbons (Fsp3) is 0.872. The lowest BCUT2D eigenvalue weighted by Crippen LogP contribution is -2.37. The predicted octanol–water partition coefficient (Wildman–Crippen LogP) is 24.5. The maximum atomic E-state index is 12.9. The minimum Gasteiger partial charge on any atom is -0.756 e. The van der Waals surface area contributed by atoms with Gasteiger partial charge < -0.3 is 27.9 Å². The summed E-state index contributed by atoms with van der Waals surface area (Å²) in [5.74, 6) is -0.816. The van der Waals surface area contributed by atoms with Crippen molar-refractivity contribution in [2.45, 2.75) is 392 Å². The van der Waals surface area contributed by atoms with Gasteiger partial charge in [-0.25, -0.2) is 0 Å². The van der Waals surface area contributed by atoms with Crippen molar-refractivity contribution >= 4 is 19.8 Å². The standard InChI is InChI=1S/C78H148NO8P/c1-6-8-10-12-14-16-18-20-22-24-26-28-30-32-34-35-36-37-38-39-40-41-42-43-45-46-48-50-52-54-56-58-60-62-64-66-68-70-77(80)84-74-76(75-86-88(82,83)85-73-72-79(3,4)5)87-78(81)71-69-67-65-63-61-59-57-55-53-51-49-47-44-33-31-29-27-25-23-21-19-17-15-13-11-9-7-2/h19,21,24-27,31,33,76H,6-18,20,22-23,28-30,32,34-75H2,1-5H3/b21-19-,26-24-,27-25-,33-31-. The number of phosphoric acid groups is 1. The Labute approximate surface area is 547 Å². The van der Waals surface area contributed by atoms with E-state index in [4.69, 9.17) is 18.5 Å². The topological polar surface area (TPSA) is 111 Å². The fourth-order valence-electron chi connectivity index (χ4n) is 11.4. The van der Waals surface area contributed by atoms with Crippen LogP contribution >= 0.6 is 7.82 Å². The first kappa shape index (κ1) is 86.0. The van der Waals surface area contributed by atoms with Crippen LogP contribution in [0.5, 0.6) is 0 Å². The molecule has 0 fully saturated rings. The molecule has 0 bridgehead atoms. The average molecular weight is 1260 g/mol. The lowest BCUT2D eigenvalue weighted by molar-refractivity contribution is -0.870. The van der Waals surface area contributed by atoms with Crippen LogP contribution in [0.4, 0.5) is 0 Å². The van der Waals surface area contributed by atoms with E-state index in [1.165, 1.54) is 302 Å². The Morgan fingerprint density at radius 2 is 0.614 bits per heavy atom. The lowest BCUT2D eigenvalue weighted by Gasteiger charge is -2.28. The van der Waals surface area contributed by atoms with Gasteiger partial charge in [0.1, 0.15) is 19.8 Å². The second-order valence-electron chi connectivity index (χ2n) is 27.4. The third-order valence-electron chi connectivity index (χ3n) is 17.3. The van der Waals surface area contributed by atoms with E-state index in [9.17, 15) is 19.0 Å². The average Bonchev–Trinajstić information content (AvgIpc) is 3.60. The van der Waals surface area contributed by atoms with E-state index in [0.717, 1.165) is 51.4 Å². The van der Waals surface area contributed by atoms with E-state index in [2.05, 4.69) is 62.5 Å². The van der Waals surface area contributed by atoms with E-state index >= 15 is 0 Å². The summed E-state index contributed by atoms with van der Waals surface area (Å²) in [6.45, 7) is 4.29. The number of hydrogen-bond acceptors (Lipinski definition) is 8. The molecule has 0 saturated carbocycles. The Morgan fingerprint density at radius 3 is 0.920 bits per heavy atom. The van der Waals surface area contributed by atoms with Crippen LogP contribution in [-0.4, -0.2) is 70.0 Å². The molecule has 0 amide bonds. The van der Waals surface area contributed by atoms with Crippen molar-refractivity contribution in [1.82, 2.24) is 0 Å². The Morgan fingerprint density at radius 1 is 0.352 bits per heavy atom. The van der Waals surface area contributed by atoms with Crippen LogP contribution in [0.25, 0.3) is 0 Å². The molecule has 0 aliphatic heterocycles. The molecule has 0 radical (unpaired) electrons. The van der Waals surface area contributed by atoms with Crippen LogP contribution in [0.15, 0.2) is 48.6 Å². The van der Waals surface area contributed by atoms with Gasteiger partial charge in [-0.3, -0.25) is 14.2 Å². The summed E-state index contributed by atoms with van der Waals surface area (Å²) in [6.07, 6.45) is 90.8. The molecule has 0 rings (SSSR count). The van der Waals surface area contributed by atoms with Crippen molar-refractivity contribution in [2.24, 2.45) is 0 Å². The summed E-state index contributed by atoms with van der Waals surface area (Å²) >= 11 is 0. The van der Waals surface area contributed by atoms with E-state index in [1.54, 1.807) is 0 Å². The number of phosphoric ester groups is 1. The second kappa shape index (κ2) is 69.3. The molecule has 0 aromatic heterocycles. The molecule has 88 heavy (non-hydrogen) atoms. The highest BCUT2D eigenvalue weighted by atomic mass is 31.2. The number of carbonyl (C=O) groups is 2. The third kappa shape index (κ3) is 73.0. The van der Waals surface area contributed by atoms with E-state index in [1.807, 2.05) is 21.1 Å². The molecule has 2 atom stereocenters. The largest absolute Gasteiger partial charge is 0.756 e. The first-order valence-corrected chi connectivity index (χ1v) is 39.8. The number of carbonyl (C=O) groups excluding carboxylic acids is 2. The van der Waals surface area contributed by atoms with Crippen molar-refractivity contribution in [1.29, 1.82) is 0 Å². The summed E-state index contributed by atoms with van der Waals surface area (Å²) in [5.41, 5.74) is 0. The predicted molar refractivity (Wildman–Crippen MR) is 379 cm³/mol. The van der Waals surface area contributed by atoms with E-state index in [-0.39, 0.29) is 32.0 Å². The second-order valence-corrected chi connectivity index (χ2v) is 28.8. The van der Waals surface area contributed by atoms with Gasteiger partial charge in [0.05, 0.1) is 27.7 Å². The molecular weight excluding hydrogens is 1110 g/mol. The zero-order valence-electron chi connectivity index (χ0n) is 59.2. The summed E-state index contributed by atoms with van der Waals surface area (Å²) in [7, 11) is 1.18. The number of likely N-dealkylation sites (N-methyl/N-ethyl adjacent to an activating group) is 1. The number of quaternary nitrogens is 1. The number of rotatable bonds is 72. The van der Waals surface area contributed by atoms with Gasteiger partial charge in [0.25, 0.3) is 7.82 Å². The SMILES string of the molecule is CCCCCCC/C=C\C/C=C\C/C=C\CCCCCCCCCCCCCCC(=O)OC(COC(=O)CCCCCCCCCCCCCCCCCCCCCCCCCCC/C=C\CCCCCCCCCC)COP(=O)([O-])OCC[N+](C)(C)C. The Balaban J connectivity index is 3.93.